The number of carbonyl (C=O) groups excluding carboxylic acids is 4. The second kappa shape index (κ2) is 18.6. The number of aryl methyl sites for hydroxylation is 1. The molecule has 2 saturated heterocycles. The molecule has 3 amide bonds. The molecule has 2 aliphatic rings. The van der Waals surface area contributed by atoms with Gasteiger partial charge in [-0.2, -0.15) is 0 Å². The van der Waals surface area contributed by atoms with Crippen LogP contribution >= 0.6 is 37.2 Å². The number of aliphatic hydroxyl groups is 1. The van der Waals surface area contributed by atoms with E-state index in [9.17, 15) is 24.3 Å². The normalized spacial score (nSPS) is 19.3. The molecule has 2 fully saturated rings. The number of likely N-dealkylation sites (tertiary alicyclic amines) is 1. The van der Waals surface area contributed by atoms with Gasteiger partial charge in [0.2, 0.25) is 17.7 Å². The molecule has 16 heteroatoms. The average Bonchev–Trinajstić information content (AvgIpc) is 3.49. The predicted octanol–water partition coefficient (Wildman–Crippen LogP) is 1.21. The van der Waals surface area contributed by atoms with Crippen LogP contribution in [0.1, 0.15) is 18.4 Å². The minimum absolute atomic E-state index is 0. The lowest BCUT2D eigenvalue weighted by atomic mass is 10.1. The highest BCUT2D eigenvalue weighted by atomic mass is 35.5. The standard InChI is InChI=1S/C31H37N7O6.3ClH/c32-16-28(40)37-13-12-33-25(19-37)30(42)38-18-23(35-29(41)27(39)11-10-20-6-2-1-3-7-20)15-26(38)31(43)44-36-22-14-21-8-4-5-9-24(21)34-17-22;;;/h1-9,14,17,23,25-27,33,36,39H,10-13,15-16,18-19,32H2,(H,35,41);3*1H/t23?,25?,26-,27+;;;/m0.../s1. The van der Waals surface area contributed by atoms with Gasteiger partial charge in [0, 0.05) is 44.0 Å². The van der Waals surface area contributed by atoms with Gasteiger partial charge in [0.25, 0.3) is 0 Å². The number of fused-ring (bicyclic) bond motifs is 1. The van der Waals surface area contributed by atoms with Crippen molar-refractivity contribution in [2.75, 3.05) is 38.2 Å². The fourth-order valence-electron chi connectivity index (χ4n) is 5.56. The molecule has 1 aromatic heterocycles. The number of rotatable bonds is 10. The summed E-state index contributed by atoms with van der Waals surface area (Å²) in [6.07, 6.45) is 1.08. The summed E-state index contributed by atoms with van der Waals surface area (Å²) >= 11 is 0. The summed E-state index contributed by atoms with van der Waals surface area (Å²) in [6.45, 7) is 0.749. The minimum atomic E-state index is -1.26. The Morgan fingerprint density at radius 1 is 1.04 bits per heavy atom. The fraction of sp³-hybridized carbons (Fsp3) is 0.387. The van der Waals surface area contributed by atoms with E-state index in [4.69, 9.17) is 10.6 Å². The summed E-state index contributed by atoms with van der Waals surface area (Å²) in [6, 6.07) is 16.4. The van der Waals surface area contributed by atoms with Crippen LogP contribution in [0.2, 0.25) is 0 Å². The number of anilines is 1. The van der Waals surface area contributed by atoms with Crippen molar-refractivity contribution in [2.24, 2.45) is 5.73 Å². The van der Waals surface area contributed by atoms with Crippen molar-refractivity contribution < 1.29 is 29.1 Å². The van der Waals surface area contributed by atoms with Gasteiger partial charge < -0.3 is 36.1 Å². The van der Waals surface area contributed by atoms with Crippen LogP contribution < -0.4 is 21.8 Å². The molecular weight excluding hydrogens is 673 g/mol. The molecule has 0 saturated carbocycles. The number of aliphatic hydroxyl groups excluding tert-OH is 1. The highest BCUT2D eigenvalue weighted by Gasteiger charge is 2.44. The van der Waals surface area contributed by atoms with Crippen molar-refractivity contribution in [3.63, 3.8) is 0 Å². The number of nitrogens with zero attached hydrogens (tertiary/aromatic N) is 3. The fourth-order valence-corrected chi connectivity index (χ4v) is 5.56. The highest BCUT2D eigenvalue weighted by molar-refractivity contribution is 5.90. The molecule has 0 bridgehead atoms. The van der Waals surface area contributed by atoms with E-state index in [1.807, 2.05) is 54.6 Å². The van der Waals surface area contributed by atoms with Crippen molar-refractivity contribution in [3.05, 3.63) is 72.4 Å². The Balaban J connectivity index is 0.00000256. The Morgan fingerprint density at radius 3 is 2.51 bits per heavy atom. The first-order chi connectivity index (χ1) is 21.3. The average molecular weight is 713 g/mol. The van der Waals surface area contributed by atoms with Crippen LogP contribution in [-0.2, 0) is 30.4 Å². The van der Waals surface area contributed by atoms with Crippen LogP contribution in [0.4, 0.5) is 5.69 Å². The van der Waals surface area contributed by atoms with Gasteiger partial charge in [0.1, 0.15) is 18.2 Å². The third-order valence-corrected chi connectivity index (χ3v) is 7.92. The first-order valence-corrected chi connectivity index (χ1v) is 14.7. The molecule has 5 rings (SSSR count). The number of hydrogen-bond acceptors (Lipinski definition) is 10. The Bertz CT molecular complexity index is 1500. The summed E-state index contributed by atoms with van der Waals surface area (Å²) < 4.78 is 0. The Labute approximate surface area is 291 Å². The van der Waals surface area contributed by atoms with Gasteiger partial charge >= 0.3 is 5.97 Å². The van der Waals surface area contributed by atoms with E-state index in [1.165, 1.54) is 16.0 Å². The van der Waals surface area contributed by atoms with Gasteiger partial charge in [-0.15, -0.1) is 37.2 Å². The summed E-state index contributed by atoms with van der Waals surface area (Å²) in [7, 11) is 0. The van der Waals surface area contributed by atoms with Gasteiger partial charge in [0.15, 0.2) is 0 Å². The van der Waals surface area contributed by atoms with Crippen LogP contribution in [0, 0.1) is 0 Å². The molecule has 2 aliphatic heterocycles. The zero-order valence-electron chi connectivity index (χ0n) is 25.4. The lowest BCUT2D eigenvalue weighted by Gasteiger charge is -2.35. The largest absolute Gasteiger partial charge is 0.383 e. The van der Waals surface area contributed by atoms with Crippen molar-refractivity contribution in [1.82, 2.24) is 25.4 Å². The maximum Gasteiger partial charge on any atom is 0.354 e. The molecule has 47 heavy (non-hydrogen) atoms. The van der Waals surface area contributed by atoms with Gasteiger partial charge in [-0.3, -0.25) is 19.4 Å². The molecule has 0 aliphatic carbocycles. The SMILES string of the molecule is Cl.Cl.Cl.NCC(=O)N1CCNC(C(=O)N2CC(NC(=O)[C@H](O)CCc3ccccc3)C[C@H]2C(=O)ONc2cnc3ccccc3c2)C1. The summed E-state index contributed by atoms with van der Waals surface area (Å²) in [5.41, 5.74) is 10.4. The van der Waals surface area contributed by atoms with E-state index in [2.05, 4.69) is 21.1 Å². The topological polar surface area (TPSA) is 179 Å². The maximum absolute atomic E-state index is 13.7. The number of nitrogens with one attached hydrogen (secondary N) is 3. The number of nitrogens with two attached hydrogens (primary N) is 1. The van der Waals surface area contributed by atoms with Crippen molar-refractivity contribution in [3.8, 4) is 0 Å². The number of para-hydroxylation sites is 1. The Kier molecular flexibility index (Phi) is 15.6. The predicted molar refractivity (Wildman–Crippen MR) is 183 cm³/mol. The number of halogens is 3. The number of piperazine rings is 1. The molecular formula is C31H40Cl3N7O6. The van der Waals surface area contributed by atoms with E-state index in [-0.39, 0.29) is 75.6 Å². The van der Waals surface area contributed by atoms with Crippen molar-refractivity contribution >= 4 is 77.5 Å². The van der Waals surface area contributed by atoms with E-state index in [0.29, 0.717) is 25.2 Å². The molecule has 13 nitrogen and oxygen atoms in total. The van der Waals surface area contributed by atoms with Gasteiger partial charge in [0.05, 0.1) is 23.9 Å². The molecule has 2 aromatic carbocycles. The van der Waals surface area contributed by atoms with E-state index >= 15 is 0 Å². The van der Waals surface area contributed by atoms with Gasteiger partial charge in [-0.25, -0.2) is 10.3 Å². The summed E-state index contributed by atoms with van der Waals surface area (Å²) in [5, 5.41) is 17.3. The number of hydrogen-bond donors (Lipinski definition) is 5. The van der Waals surface area contributed by atoms with Gasteiger partial charge in [-0.05, 0) is 30.5 Å². The Hall–Kier alpha value is -3.72. The maximum atomic E-state index is 13.7. The van der Waals surface area contributed by atoms with E-state index in [1.54, 1.807) is 6.07 Å². The number of aromatic nitrogens is 1. The third-order valence-electron chi connectivity index (χ3n) is 7.92. The van der Waals surface area contributed by atoms with Crippen LogP contribution in [-0.4, -0.2) is 101 Å². The molecule has 2 unspecified atom stereocenters. The zero-order valence-corrected chi connectivity index (χ0v) is 27.9. The second-order valence-corrected chi connectivity index (χ2v) is 11.0. The molecule has 256 valence electrons. The molecule has 3 heterocycles. The van der Waals surface area contributed by atoms with Crippen LogP contribution in [0.3, 0.4) is 0 Å². The van der Waals surface area contributed by atoms with Crippen LogP contribution in [0.15, 0.2) is 66.9 Å². The van der Waals surface area contributed by atoms with Gasteiger partial charge in [-0.1, -0.05) is 48.5 Å². The first kappa shape index (κ1) is 39.5. The first-order valence-electron chi connectivity index (χ1n) is 14.7. The molecule has 3 aromatic rings. The van der Waals surface area contributed by atoms with Crippen LogP contribution in [0.5, 0.6) is 0 Å². The van der Waals surface area contributed by atoms with E-state index in [0.717, 1.165) is 16.5 Å². The smallest absolute Gasteiger partial charge is 0.354 e. The van der Waals surface area contributed by atoms with Crippen LogP contribution in [0.25, 0.3) is 10.9 Å². The number of amides is 3. The summed E-state index contributed by atoms with van der Waals surface area (Å²) in [5.74, 6) is -1.98. The molecule has 4 atom stereocenters. The third kappa shape index (κ3) is 10.1. The van der Waals surface area contributed by atoms with Crippen molar-refractivity contribution in [1.29, 1.82) is 0 Å². The quantitative estimate of drug-likeness (QED) is 0.192. The van der Waals surface area contributed by atoms with Crippen molar-refractivity contribution in [2.45, 2.75) is 43.5 Å². The molecule has 0 spiro atoms. The summed E-state index contributed by atoms with van der Waals surface area (Å²) in [4.78, 5) is 64.8. The highest BCUT2D eigenvalue weighted by Crippen LogP contribution is 2.23. The number of carbonyl (C=O) groups is 4. The number of benzene rings is 2. The Morgan fingerprint density at radius 2 is 1.77 bits per heavy atom. The number of pyridine rings is 1. The monoisotopic (exact) mass is 711 g/mol. The van der Waals surface area contributed by atoms with E-state index < -0.39 is 42.0 Å². The minimum Gasteiger partial charge on any atom is -0.383 e. The zero-order chi connectivity index (χ0) is 31.1. The molecule has 0 radical (unpaired) electrons. The lowest BCUT2D eigenvalue weighted by Crippen LogP contribution is -2.61. The molecule has 6 N–H and O–H groups in total. The lowest BCUT2D eigenvalue weighted by molar-refractivity contribution is -0.152. The second-order valence-electron chi connectivity index (χ2n) is 11.0.